The standard InChI is InChI=1S/C19H19NO2S/c1-20-11-15-16(4-3-5-17(15)22-2)19(21,12-20)14-6-7-18-13(10-14)8-9-23-18/h3-10,21H,11-12H2,1-2H3. The van der Waals surface area contributed by atoms with Crippen LogP contribution >= 0.6 is 11.3 Å². The molecule has 1 N–H and O–H groups in total. The third-order valence-corrected chi connectivity index (χ3v) is 5.55. The van der Waals surface area contributed by atoms with Gasteiger partial charge in [-0.15, -0.1) is 11.3 Å². The summed E-state index contributed by atoms with van der Waals surface area (Å²) in [5.74, 6) is 0.837. The van der Waals surface area contributed by atoms with Gasteiger partial charge in [0.2, 0.25) is 0 Å². The lowest BCUT2D eigenvalue weighted by atomic mass is 9.80. The van der Waals surface area contributed by atoms with Gasteiger partial charge >= 0.3 is 0 Å². The van der Waals surface area contributed by atoms with E-state index in [1.807, 2.05) is 31.3 Å². The molecule has 1 aliphatic heterocycles. The number of likely N-dealkylation sites (N-methyl/N-ethyl adjacent to an activating group) is 1. The second-order valence-corrected chi connectivity index (χ2v) is 7.14. The van der Waals surface area contributed by atoms with Crippen LogP contribution in [0.15, 0.2) is 47.8 Å². The van der Waals surface area contributed by atoms with Gasteiger partial charge < -0.3 is 9.84 Å². The number of β-amino-alcohol motifs (C(OH)–C–C–N with tert-alkyl or cyclic N) is 1. The van der Waals surface area contributed by atoms with Crippen LogP contribution in [-0.4, -0.2) is 30.7 Å². The minimum atomic E-state index is -1.02. The lowest BCUT2D eigenvalue weighted by Crippen LogP contribution is -2.44. The van der Waals surface area contributed by atoms with Crippen molar-refractivity contribution in [3.05, 3.63) is 64.5 Å². The Labute approximate surface area is 139 Å². The molecule has 1 unspecified atom stereocenters. The van der Waals surface area contributed by atoms with Gasteiger partial charge in [0, 0.05) is 23.4 Å². The molecule has 1 atom stereocenters. The fraction of sp³-hybridized carbons (Fsp3) is 0.263. The van der Waals surface area contributed by atoms with E-state index in [9.17, 15) is 5.11 Å². The third-order valence-electron chi connectivity index (χ3n) is 4.66. The van der Waals surface area contributed by atoms with Crippen molar-refractivity contribution in [1.29, 1.82) is 0 Å². The van der Waals surface area contributed by atoms with Crippen LogP contribution in [0.3, 0.4) is 0 Å². The fourth-order valence-corrected chi connectivity index (χ4v) is 4.35. The highest BCUT2D eigenvalue weighted by Crippen LogP contribution is 2.41. The second kappa shape index (κ2) is 5.34. The van der Waals surface area contributed by atoms with E-state index in [1.54, 1.807) is 18.4 Å². The van der Waals surface area contributed by atoms with E-state index in [-0.39, 0.29) is 0 Å². The van der Waals surface area contributed by atoms with Gasteiger partial charge in [-0.2, -0.15) is 0 Å². The lowest BCUT2D eigenvalue weighted by Gasteiger charge is -2.40. The Morgan fingerprint density at radius 1 is 1.22 bits per heavy atom. The average Bonchev–Trinajstić information content (AvgIpc) is 3.01. The number of fused-ring (bicyclic) bond motifs is 2. The fourth-order valence-electron chi connectivity index (χ4n) is 3.58. The minimum Gasteiger partial charge on any atom is -0.496 e. The van der Waals surface area contributed by atoms with Crippen LogP contribution in [-0.2, 0) is 12.1 Å². The average molecular weight is 325 g/mol. The van der Waals surface area contributed by atoms with Crippen LogP contribution in [0, 0.1) is 0 Å². The quantitative estimate of drug-likeness (QED) is 0.781. The summed E-state index contributed by atoms with van der Waals surface area (Å²) < 4.78 is 6.75. The molecule has 1 aliphatic rings. The highest BCUT2D eigenvalue weighted by atomic mass is 32.1. The van der Waals surface area contributed by atoms with E-state index in [2.05, 4.69) is 28.5 Å². The van der Waals surface area contributed by atoms with Crippen LogP contribution in [0.1, 0.15) is 16.7 Å². The molecule has 0 bridgehead atoms. The van der Waals surface area contributed by atoms with E-state index < -0.39 is 5.60 Å². The first-order chi connectivity index (χ1) is 11.1. The van der Waals surface area contributed by atoms with Crippen LogP contribution in [0.25, 0.3) is 10.1 Å². The van der Waals surface area contributed by atoms with E-state index in [0.29, 0.717) is 6.54 Å². The first-order valence-electron chi connectivity index (χ1n) is 7.67. The molecule has 1 aromatic heterocycles. The van der Waals surface area contributed by atoms with Crippen molar-refractivity contribution in [2.24, 2.45) is 0 Å². The Morgan fingerprint density at radius 3 is 2.91 bits per heavy atom. The third kappa shape index (κ3) is 2.26. The number of aliphatic hydroxyl groups is 1. The topological polar surface area (TPSA) is 32.7 Å². The van der Waals surface area contributed by atoms with E-state index in [1.165, 1.54) is 10.1 Å². The van der Waals surface area contributed by atoms with Crippen LogP contribution in [0.2, 0.25) is 0 Å². The smallest absolute Gasteiger partial charge is 0.128 e. The predicted molar refractivity (Wildman–Crippen MR) is 94.2 cm³/mol. The van der Waals surface area contributed by atoms with Gasteiger partial charge in [0.25, 0.3) is 0 Å². The molecule has 0 amide bonds. The maximum absolute atomic E-state index is 11.6. The van der Waals surface area contributed by atoms with Gasteiger partial charge in [-0.25, -0.2) is 0 Å². The molecule has 2 heterocycles. The summed E-state index contributed by atoms with van der Waals surface area (Å²) in [7, 11) is 3.71. The van der Waals surface area contributed by atoms with Gasteiger partial charge in [0.1, 0.15) is 11.4 Å². The summed E-state index contributed by atoms with van der Waals surface area (Å²) in [5.41, 5.74) is 1.93. The van der Waals surface area contributed by atoms with Gasteiger partial charge in [0.05, 0.1) is 7.11 Å². The van der Waals surface area contributed by atoms with Gasteiger partial charge in [-0.05, 0) is 53.2 Å². The molecule has 0 fully saturated rings. The summed E-state index contributed by atoms with van der Waals surface area (Å²) in [6.45, 7) is 1.35. The molecule has 23 heavy (non-hydrogen) atoms. The number of rotatable bonds is 2. The molecule has 0 aliphatic carbocycles. The molecule has 4 heteroatoms. The number of methoxy groups -OCH3 is 1. The van der Waals surface area contributed by atoms with Crippen molar-refractivity contribution < 1.29 is 9.84 Å². The highest BCUT2D eigenvalue weighted by Gasteiger charge is 2.39. The molecular weight excluding hydrogens is 306 g/mol. The Balaban J connectivity index is 1.93. The molecule has 0 saturated carbocycles. The van der Waals surface area contributed by atoms with Crippen molar-refractivity contribution in [3.63, 3.8) is 0 Å². The number of benzene rings is 2. The van der Waals surface area contributed by atoms with E-state index in [0.717, 1.165) is 29.0 Å². The Kier molecular flexibility index (Phi) is 3.41. The Hall–Kier alpha value is -1.88. The molecule has 118 valence electrons. The summed E-state index contributed by atoms with van der Waals surface area (Å²) in [6, 6.07) is 14.3. The van der Waals surface area contributed by atoms with Crippen molar-refractivity contribution in [3.8, 4) is 5.75 Å². The molecule has 4 rings (SSSR count). The highest BCUT2D eigenvalue weighted by molar-refractivity contribution is 7.17. The monoisotopic (exact) mass is 325 g/mol. The molecule has 3 nitrogen and oxygen atoms in total. The van der Waals surface area contributed by atoms with Crippen LogP contribution in [0.4, 0.5) is 0 Å². The largest absolute Gasteiger partial charge is 0.496 e. The maximum Gasteiger partial charge on any atom is 0.128 e. The predicted octanol–water partition coefficient (Wildman–Crippen LogP) is 3.59. The molecule has 3 aromatic rings. The summed E-state index contributed by atoms with van der Waals surface area (Å²) in [4.78, 5) is 2.14. The van der Waals surface area contributed by atoms with Crippen LogP contribution in [0.5, 0.6) is 5.75 Å². The Morgan fingerprint density at radius 2 is 2.09 bits per heavy atom. The number of hydrogen-bond acceptors (Lipinski definition) is 4. The molecule has 0 saturated heterocycles. The van der Waals surface area contributed by atoms with Crippen molar-refractivity contribution in [2.75, 3.05) is 20.7 Å². The first kappa shape index (κ1) is 14.7. The van der Waals surface area contributed by atoms with E-state index >= 15 is 0 Å². The molecule has 0 radical (unpaired) electrons. The van der Waals surface area contributed by atoms with Crippen molar-refractivity contribution >= 4 is 21.4 Å². The molecule has 2 aromatic carbocycles. The molecule has 0 spiro atoms. The second-order valence-electron chi connectivity index (χ2n) is 6.19. The summed E-state index contributed by atoms with van der Waals surface area (Å²) >= 11 is 1.72. The SMILES string of the molecule is COc1cccc2c1CN(C)CC2(O)c1ccc2sccc2c1. The number of thiophene rings is 1. The first-order valence-corrected chi connectivity index (χ1v) is 8.55. The van der Waals surface area contributed by atoms with Gasteiger partial charge in [-0.1, -0.05) is 18.2 Å². The van der Waals surface area contributed by atoms with Crippen molar-refractivity contribution in [1.82, 2.24) is 4.90 Å². The number of nitrogens with zero attached hydrogens (tertiary/aromatic N) is 1. The number of hydrogen-bond donors (Lipinski definition) is 1. The normalized spacial score (nSPS) is 21.3. The zero-order chi connectivity index (χ0) is 16.0. The molecular formula is C19H19NO2S. The zero-order valence-corrected chi connectivity index (χ0v) is 14.1. The lowest BCUT2D eigenvalue weighted by molar-refractivity contribution is 0.0276. The van der Waals surface area contributed by atoms with Gasteiger partial charge in [0.15, 0.2) is 0 Å². The van der Waals surface area contributed by atoms with Crippen LogP contribution < -0.4 is 4.74 Å². The van der Waals surface area contributed by atoms with Crippen molar-refractivity contribution in [2.45, 2.75) is 12.1 Å². The minimum absolute atomic E-state index is 0.572. The van der Waals surface area contributed by atoms with E-state index in [4.69, 9.17) is 4.74 Å². The summed E-state index contributed by atoms with van der Waals surface area (Å²) in [5, 5.41) is 14.9. The Bertz CT molecular complexity index is 873. The summed E-state index contributed by atoms with van der Waals surface area (Å²) in [6.07, 6.45) is 0. The number of ether oxygens (including phenoxy) is 1. The van der Waals surface area contributed by atoms with Gasteiger partial charge in [-0.3, -0.25) is 4.90 Å². The maximum atomic E-state index is 11.6. The zero-order valence-electron chi connectivity index (χ0n) is 13.2.